The molecule has 0 saturated heterocycles. The van der Waals surface area contributed by atoms with Gasteiger partial charge in [-0.05, 0) is 28.1 Å². The third-order valence-electron chi connectivity index (χ3n) is 2.21. The van der Waals surface area contributed by atoms with Gasteiger partial charge < -0.3 is 5.32 Å². The van der Waals surface area contributed by atoms with Crippen LogP contribution in [0.1, 0.15) is 5.82 Å². The molecule has 2 rings (SSSR count). The SMILES string of the molecule is Fc1cc(Cl)c(Nc2cc(Cl)nc(C(F)(F)F)n2)c(Br)c1. The van der Waals surface area contributed by atoms with Gasteiger partial charge in [0.15, 0.2) is 0 Å². The van der Waals surface area contributed by atoms with Crippen LogP contribution in [-0.2, 0) is 6.18 Å². The molecule has 1 aromatic heterocycles. The Labute approximate surface area is 134 Å². The van der Waals surface area contributed by atoms with Crippen LogP contribution in [0.25, 0.3) is 0 Å². The third kappa shape index (κ3) is 3.96. The van der Waals surface area contributed by atoms with E-state index in [1.54, 1.807) is 0 Å². The van der Waals surface area contributed by atoms with Gasteiger partial charge in [0.25, 0.3) is 0 Å². The second-order valence-electron chi connectivity index (χ2n) is 3.77. The van der Waals surface area contributed by atoms with Crippen LogP contribution in [0.15, 0.2) is 22.7 Å². The van der Waals surface area contributed by atoms with Crippen molar-refractivity contribution in [3.8, 4) is 0 Å². The Bertz CT molecular complexity index is 671. The quantitative estimate of drug-likeness (QED) is 0.534. The minimum Gasteiger partial charge on any atom is -0.338 e. The predicted octanol–water partition coefficient (Wildman–Crippen LogP) is 5.45. The van der Waals surface area contributed by atoms with E-state index < -0.39 is 23.0 Å². The largest absolute Gasteiger partial charge is 0.451 e. The summed E-state index contributed by atoms with van der Waals surface area (Å²) in [5.74, 6) is -2.22. The number of halogens is 7. The summed E-state index contributed by atoms with van der Waals surface area (Å²) in [6.07, 6.45) is -4.74. The monoisotopic (exact) mass is 403 g/mol. The number of alkyl halides is 3. The number of benzene rings is 1. The van der Waals surface area contributed by atoms with Crippen LogP contribution >= 0.6 is 39.1 Å². The van der Waals surface area contributed by atoms with Gasteiger partial charge in [-0.1, -0.05) is 23.2 Å². The molecule has 0 aliphatic heterocycles. The van der Waals surface area contributed by atoms with Gasteiger partial charge in [0.05, 0.1) is 10.7 Å². The molecule has 0 amide bonds. The average Bonchev–Trinajstić information content (AvgIpc) is 2.32. The molecule has 0 unspecified atom stereocenters. The molecule has 10 heteroatoms. The molecule has 0 radical (unpaired) electrons. The molecule has 0 atom stereocenters. The average molecular weight is 405 g/mol. The highest BCUT2D eigenvalue weighted by Crippen LogP contribution is 2.35. The number of aromatic nitrogens is 2. The molecule has 0 bridgehead atoms. The summed E-state index contributed by atoms with van der Waals surface area (Å²) in [7, 11) is 0. The Morgan fingerprint density at radius 1 is 1.10 bits per heavy atom. The van der Waals surface area contributed by atoms with Crippen molar-refractivity contribution in [3.05, 3.63) is 44.5 Å². The fourth-order valence-corrected chi connectivity index (χ4v) is 2.48. The topological polar surface area (TPSA) is 37.8 Å². The van der Waals surface area contributed by atoms with Crippen LogP contribution in [0.3, 0.4) is 0 Å². The summed E-state index contributed by atoms with van der Waals surface area (Å²) in [5, 5.41) is 2.11. The Morgan fingerprint density at radius 2 is 1.76 bits per heavy atom. The molecule has 21 heavy (non-hydrogen) atoms. The number of rotatable bonds is 2. The lowest BCUT2D eigenvalue weighted by molar-refractivity contribution is -0.144. The standard InChI is InChI=1S/C11H4BrCl2F4N3/c12-5-1-4(15)2-6(13)9(5)20-8-3-7(14)19-10(21-8)11(16,17)18/h1-3H,(H,19,20,21). The van der Waals surface area contributed by atoms with E-state index in [4.69, 9.17) is 23.2 Å². The maximum atomic E-state index is 13.1. The minimum atomic E-state index is -4.74. The molecule has 0 aliphatic carbocycles. The van der Waals surface area contributed by atoms with Gasteiger partial charge in [0.1, 0.15) is 16.8 Å². The van der Waals surface area contributed by atoms with Crippen LogP contribution < -0.4 is 5.32 Å². The van der Waals surface area contributed by atoms with Crippen molar-refractivity contribution < 1.29 is 17.6 Å². The van der Waals surface area contributed by atoms with E-state index in [0.29, 0.717) is 0 Å². The smallest absolute Gasteiger partial charge is 0.338 e. The zero-order chi connectivity index (χ0) is 15.8. The zero-order valence-electron chi connectivity index (χ0n) is 9.77. The van der Waals surface area contributed by atoms with Gasteiger partial charge in [-0.15, -0.1) is 0 Å². The summed E-state index contributed by atoms with van der Waals surface area (Å²) < 4.78 is 51.1. The van der Waals surface area contributed by atoms with E-state index in [1.165, 1.54) is 0 Å². The summed E-state index contributed by atoms with van der Waals surface area (Å²) in [6, 6.07) is 3.19. The second-order valence-corrected chi connectivity index (χ2v) is 5.42. The maximum absolute atomic E-state index is 13.1. The first kappa shape index (κ1) is 16.3. The zero-order valence-corrected chi connectivity index (χ0v) is 12.9. The predicted molar refractivity (Wildman–Crippen MR) is 74.4 cm³/mol. The van der Waals surface area contributed by atoms with Gasteiger partial charge >= 0.3 is 6.18 Å². The van der Waals surface area contributed by atoms with Crippen molar-refractivity contribution >= 4 is 50.6 Å². The summed E-state index contributed by atoms with van der Waals surface area (Å²) in [5.41, 5.74) is 0.154. The molecule has 0 spiro atoms. The first-order chi connectivity index (χ1) is 9.66. The van der Waals surface area contributed by atoms with E-state index in [1.807, 2.05) is 0 Å². The molecule has 1 N–H and O–H groups in total. The Balaban J connectivity index is 2.43. The van der Waals surface area contributed by atoms with Crippen LogP contribution in [-0.4, -0.2) is 9.97 Å². The first-order valence-corrected chi connectivity index (χ1v) is 6.75. The number of hydrogen-bond acceptors (Lipinski definition) is 3. The normalized spacial score (nSPS) is 11.6. The van der Waals surface area contributed by atoms with Crippen LogP contribution in [0.4, 0.5) is 29.1 Å². The summed E-state index contributed by atoms with van der Waals surface area (Å²) in [6.45, 7) is 0. The Hall–Kier alpha value is -1.12. The highest BCUT2D eigenvalue weighted by atomic mass is 79.9. The minimum absolute atomic E-state index is 0.0369. The molecule has 1 aromatic carbocycles. The van der Waals surface area contributed by atoms with E-state index in [2.05, 4.69) is 31.2 Å². The molecular formula is C11H4BrCl2F4N3. The number of hydrogen-bond donors (Lipinski definition) is 1. The van der Waals surface area contributed by atoms with Gasteiger partial charge in [0, 0.05) is 10.5 Å². The Morgan fingerprint density at radius 3 is 2.33 bits per heavy atom. The lowest BCUT2D eigenvalue weighted by Crippen LogP contribution is -2.12. The Kier molecular flexibility index (Phi) is 4.60. The van der Waals surface area contributed by atoms with Crippen LogP contribution in [0.5, 0.6) is 0 Å². The van der Waals surface area contributed by atoms with E-state index >= 15 is 0 Å². The van der Waals surface area contributed by atoms with Crippen molar-refractivity contribution in [2.45, 2.75) is 6.18 Å². The molecule has 0 aliphatic rings. The summed E-state index contributed by atoms with van der Waals surface area (Å²) in [4.78, 5) is 6.39. The molecule has 112 valence electrons. The maximum Gasteiger partial charge on any atom is 0.451 e. The molecule has 0 saturated carbocycles. The van der Waals surface area contributed by atoms with Gasteiger partial charge in [-0.25, -0.2) is 14.4 Å². The first-order valence-electron chi connectivity index (χ1n) is 5.20. The van der Waals surface area contributed by atoms with Crippen LogP contribution in [0, 0.1) is 5.82 Å². The fraction of sp³-hybridized carbons (Fsp3) is 0.0909. The van der Waals surface area contributed by atoms with E-state index in [0.717, 1.165) is 18.2 Å². The van der Waals surface area contributed by atoms with Crippen molar-refractivity contribution in [2.24, 2.45) is 0 Å². The third-order valence-corrected chi connectivity index (χ3v) is 3.33. The lowest BCUT2D eigenvalue weighted by atomic mass is 10.3. The fourth-order valence-electron chi connectivity index (χ4n) is 1.40. The highest BCUT2D eigenvalue weighted by molar-refractivity contribution is 9.10. The lowest BCUT2D eigenvalue weighted by Gasteiger charge is -2.12. The second kappa shape index (κ2) is 5.94. The van der Waals surface area contributed by atoms with Gasteiger partial charge in [0.2, 0.25) is 5.82 Å². The number of nitrogens with zero attached hydrogens (tertiary/aromatic N) is 2. The molecule has 0 fully saturated rings. The van der Waals surface area contributed by atoms with E-state index in [9.17, 15) is 17.6 Å². The van der Waals surface area contributed by atoms with E-state index in [-0.39, 0.29) is 21.0 Å². The highest BCUT2D eigenvalue weighted by Gasteiger charge is 2.35. The molecule has 2 aromatic rings. The van der Waals surface area contributed by atoms with Crippen molar-refractivity contribution in [1.29, 1.82) is 0 Å². The van der Waals surface area contributed by atoms with Crippen molar-refractivity contribution in [3.63, 3.8) is 0 Å². The van der Waals surface area contributed by atoms with Crippen LogP contribution in [0.2, 0.25) is 10.2 Å². The molecule has 3 nitrogen and oxygen atoms in total. The molecule has 1 heterocycles. The van der Waals surface area contributed by atoms with Crippen molar-refractivity contribution in [1.82, 2.24) is 9.97 Å². The number of nitrogens with one attached hydrogen (secondary N) is 1. The summed E-state index contributed by atoms with van der Waals surface area (Å²) >= 11 is 14.4. The number of anilines is 2. The molecular weight excluding hydrogens is 401 g/mol. The van der Waals surface area contributed by atoms with Crippen molar-refractivity contribution in [2.75, 3.05) is 5.32 Å². The van der Waals surface area contributed by atoms with Gasteiger partial charge in [-0.3, -0.25) is 0 Å². The van der Waals surface area contributed by atoms with Gasteiger partial charge in [-0.2, -0.15) is 13.2 Å².